The van der Waals surface area contributed by atoms with E-state index in [0.717, 1.165) is 16.7 Å². The standard InChI is InChI=1S/C26H27N3O4S/c1-17-9-14-24(18(2)15-17)29-25(27-23-8-6-5-7-22(23)26(29)30)19(3)28-34(31,32)21-12-10-20(11-13-21)16-33-4/h5-15,19,28H,16H2,1-4H3. The largest absolute Gasteiger partial charge is 0.380 e. The fraction of sp³-hybridized carbons (Fsp3) is 0.231. The van der Waals surface area contributed by atoms with Crippen LogP contribution in [-0.4, -0.2) is 25.1 Å². The number of benzene rings is 3. The Kier molecular flexibility index (Phi) is 6.65. The van der Waals surface area contributed by atoms with E-state index in [9.17, 15) is 13.2 Å². The van der Waals surface area contributed by atoms with Gasteiger partial charge in [-0.1, -0.05) is 42.0 Å². The molecule has 0 aliphatic heterocycles. The van der Waals surface area contributed by atoms with Crippen LogP contribution in [0.3, 0.4) is 0 Å². The summed E-state index contributed by atoms with van der Waals surface area (Å²) >= 11 is 0. The van der Waals surface area contributed by atoms with Crippen LogP contribution in [0.15, 0.2) is 76.4 Å². The minimum atomic E-state index is -3.87. The Hall–Kier alpha value is -3.33. The highest BCUT2D eigenvalue weighted by Crippen LogP contribution is 2.23. The predicted molar refractivity (Wildman–Crippen MR) is 133 cm³/mol. The van der Waals surface area contributed by atoms with Gasteiger partial charge < -0.3 is 4.74 Å². The third-order valence-electron chi connectivity index (χ3n) is 5.66. The molecule has 34 heavy (non-hydrogen) atoms. The zero-order chi connectivity index (χ0) is 24.5. The molecule has 3 aromatic carbocycles. The molecule has 1 N–H and O–H groups in total. The molecule has 0 amide bonds. The van der Waals surface area contributed by atoms with Crippen LogP contribution >= 0.6 is 0 Å². The molecule has 0 saturated heterocycles. The van der Waals surface area contributed by atoms with Crippen LogP contribution in [0, 0.1) is 13.8 Å². The van der Waals surface area contributed by atoms with E-state index in [1.165, 1.54) is 16.7 Å². The molecule has 1 atom stereocenters. The van der Waals surface area contributed by atoms with Gasteiger partial charge in [0.25, 0.3) is 5.56 Å². The second-order valence-electron chi connectivity index (χ2n) is 8.34. The summed E-state index contributed by atoms with van der Waals surface area (Å²) in [7, 11) is -2.28. The van der Waals surface area contributed by atoms with Crippen molar-refractivity contribution in [2.75, 3.05) is 7.11 Å². The van der Waals surface area contributed by atoms with Crippen LogP contribution in [-0.2, 0) is 21.4 Å². The number of sulfonamides is 1. The number of hydrogen-bond acceptors (Lipinski definition) is 5. The van der Waals surface area contributed by atoms with Gasteiger partial charge in [-0.2, -0.15) is 0 Å². The maximum Gasteiger partial charge on any atom is 0.266 e. The van der Waals surface area contributed by atoms with E-state index in [-0.39, 0.29) is 10.5 Å². The van der Waals surface area contributed by atoms with Crippen molar-refractivity contribution in [1.82, 2.24) is 14.3 Å². The second kappa shape index (κ2) is 9.50. The number of fused-ring (bicyclic) bond motifs is 1. The first-order valence-corrected chi connectivity index (χ1v) is 12.4. The molecule has 0 aliphatic carbocycles. The smallest absolute Gasteiger partial charge is 0.266 e. The van der Waals surface area contributed by atoms with Crippen molar-refractivity contribution in [3.8, 4) is 5.69 Å². The van der Waals surface area contributed by atoms with Gasteiger partial charge in [-0.05, 0) is 62.2 Å². The fourth-order valence-corrected chi connectivity index (χ4v) is 5.22. The van der Waals surface area contributed by atoms with Crippen molar-refractivity contribution in [3.63, 3.8) is 0 Å². The lowest BCUT2D eigenvalue weighted by Crippen LogP contribution is -2.33. The molecule has 0 radical (unpaired) electrons. The summed E-state index contributed by atoms with van der Waals surface area (Å²) in [6.45, 7) is 5.98. The summed E-state index contributed by atoms with van der Waals surface area (Å²) in [6, 6.07) is 18.6. The molecule has 1 heterocycles. The monoisotopic (exact) mass is 477 g/mol. The van der Waals surface area contributed by atoms with E-state index < -0.39 is 16.1 Å². The van der Waals surface area contributed by atoms with E-state index in [0.29, 0.717) is 29.0 Å². The average Bonchev–Trinajstić information content (AvgIpc) is 2.80. The Balaban J connectivity index is 1.82. The fourth-order valence-electron chi connectivity index (χ4n) is 4.01. The SMILES string of the molecule is COCc1ccc(S(=O)(=O)NC(C)c2nc3ccccc3c(=O)n2-c2ccc(C)cc2C)cc1. The second-order valence-corrected chi connectivity index (χ2v) is 10.1. The van der Waals surface area contributed by atoms with E-state index >= 15 is 0 Å². The van der Waals surface area contributed by atoms with Gasteiger partial charge in [-0.3, -0.25) is 9.36 Å². The summed E-state index contributed by atoms with van der Waals surface area (Å²) in [5.41, 5.74) is 3.76. The van der Waals surface area contributed by atoms with Crippen molar-refractivity contribution in [2.24, 2.45) is 0 Å². The number of nitrogens with zero attached hydrogens (tertiary/aromatic N) is 2. The minimum Gasteiger partial charge on any atom is -0.380 e. The van der Waals surface area contributed by atoms with Gasteiger partial charge in [0.2, 0.25) is 10.0 Å². The minimum absolute atomic E-state index is 0.125. The highest BCUT2D eigenvalue weighted by atomic mass is 32.2. The van der Waals surface area contributed by atoms with Crippen LogP contribution in [0.4, 0.5) is 0 Å². The summed E-state index contributed by atoms with van der Waals surface area (Å²) in [4.78, 5) is 18.4. The number of aryl methyl sites for hydroxylation is 2. The number of rotatable bonds is 7. The van der Waals surface area contributed by atoms with Crippen LogP contribution in [0.1, 0.15) is 35.5 Å². The zero-order valence-electron chi connectivity index (χ0n) is 19.6. The number of aromatic nitrogens is 2. The van der Waals surface area contributed by atoms with Gasteiger partial charge in [0.15, 0.2) is 0 Å². The summed E-state index contributed by atoms with van der Waals surface area (Å²) in [5, 5.41) is 0.468. The highest BCUT2D eigenvalue weighted by Gasteiger charge is 2.24. The highest BCUT2D eigenvalue weighted by molar-refractivity contribution is 7.89. The van der Waals surface area contributed by atoms with Crippen LogP contribution in [0.5, 0.6) is 0 Å². The molecule has 8 heteroatoms. The maximum absolute atomic E-state index is 13.6. The van der Waals surface area contributed by atoms with Crippen LogP contribution in [0.25, 0.3) is 16.6 Å². The van der Waals surface area contributed by atoms with Crippen molar-refractivity contribution < 1.29 is 13.2 Å². The first-order chi connectivity index (χ1) is 16.2. The third kappa shape index (κ3) is 4.65. The number of methoxy groups -OCH3 is 1. The van der Waals surface area contributed by atoms with Crippen molar-refractivity contribution >= 4 is 20.9 Å². The van der Waals surface area contributed by atoms with E-state index in [1.807, 2.05) is 32.0 Å². The molecule has 0 bridgehead atoms. The van der Waals surface area contributed by atoms with Crippen LogP contribution < -0.4 is 10.3 Å². The molecule has 0 aliphatic rings. The first kappa shape index (κ1) is 23.8. The number of nitrogens with one attached hydrogen (secondary N) is 1. The molecule has 4 aromatic rings. The Morgan fingerprint density at radius 2 is 1.74 bits per heavy atom. The average molecular weight is 478 g/mol. The third-order valence-corrected chi connectivity index (χ3v) is 7.22. The first-order valence-electron chi connectivity index (χ1n) is 10.9. The Morgan fingerprint density at radius 1 is 1.03 bits per heavy atom. The molecular weight excluding hydrogens is 450 g/mol. The zero-order valence-corrected chi connectivity index (χ0v) is 20.4. The molecule has 1 aromatic heterocycles. The molecule has 7 nitrogen and oxygen atoms in total. The van der Waals surface area contributed by atoms with E-state index in [1.54, 1.807) is 50.4 Å². The number of para-hydroxylation sites is 1. The molecule has 0 spiro atoms. The van der Waals surface area contributed by atoms with Gasteiger partial charge in [-0.15, -0.1) is 0 Å². The van der Waals surface area contributed by atoms with Gasteiger partial charge in [0, 0.05) is 7.11 Å². The Morgan fingerprint density at radius 3 is 2.41 bits per heavy atom. The number of ether oxygens (including phenoxy) is 1. The van der Waals surface area contributed by atoms with Gasteiger partial charge in [-0.25, -0.2) is 18.1 Å². The van der Waals surface area contributed by atoms with Crippen molar-refractivity contribution in [2.45, 2.75) is 38.3 Å². The predicted octanol–water partition coefficient (Wildman–Crippen LogP) is 4.19. The van der Waals surface area contributed by atoms with Crippen molar-refractivity contribution in [1.29, 1.82) is 0 Å². The lowest BCUT2D eigenvalue weighted by atomic mass is 10.1. The number of hydrogen-bond donors (Lipinski definition) is 1. The van der Waals surface area contributed by atoms with Gasteiger partial charge in [0.05, 0.1) is 34.1 Å². The summed E-state index contributed by atoms with van der Waals surface area (Å²) < 4.78 is 35.6. The molecular formula is C26H27N3O4S. The van der Waals surface area contributed by atoms with Gasteiger partial charge in [0.1, 0.15) is 5.82 Å². The molecule has 0 saturated carbocycles. The van der Waals surface area contributed by atoms with Crippen molar-refractivity contribution in [3.05, 3.63) is 99.6 Å². The lowest BCUT2D eigenvalue weighted by Gasteiger charge is -2.21. The summed E-state index contributed by atoms with van der Waals surface area (Å²) in [6.07, 6.45) is 0. The lowest BCUT2D eigenvalue weighted by molar-refractivity contribution is 0.185. The summed E-state index contributed by atoms with van der Waals surface area (Å²) in [5.74, 6) is 0.315. The molecule has 176 valence electrons. The normalized spacial score (nSPS) is 12.7. The molecule has 0 fully saturated rings. The van der Waals surface area contributed by atoms with E-state index in [2.05, 4.69) is 4.72 Å². The van der Waals surface area contributed by atoms with Crippen LogP contribution in [0.2, 0.25) is 0 Å². The van der Waals surface area contributed by atoms with Gasteiger partial charge >= 0.3 is 0 Å². The quantitative estimate of drug-likeness (QED) is 0.431. The Labute approximate surface area is 199 Å². The van der Waals surface area contributed by atoms with E-state index in [4.69, 9.17) is 9.72 Å². The molecule has 4 rings (SSSR count). The molecule has 1 unspecified atom stereocenters. The topological polar surface area (TPSA) is 90.3 Å². The Bertz CT molecular complexity index is 1510. The maximum atomic E-state index is 13.6.